The molecule has 3 heteroatoms. The van der Waals surface area contributed by atoms with Crippen molar-refractivity contribution in [2.45, 2.75) is 25.3 Å². The van der Waals surface area contributed by atoms with Crippen molar-refractivity contribution >= 4 is 6.09 Å². The van der Waals surface area contributed by atoms with E-state index in [1.54, 1.807) is 0 Å². The third kappa shape index (κ3) is 2.03. The van der Waals surface area contributed by atoms with Gasteiger partial charge in [0.15, 0.2) is 0 Å². The van der Waals surface area contributed by atoms with Crippen LogP contribution in [-0.2, 0) is 4.74 Å². The van der Waals surface area contributed by atoms with E-state index < -0.39 is 0 Å². The Morgan fingerprint density at radius 1 is 1.32 bits per heavy atom. The highest BCUT2D eigenvalue weighted by Crippen LogP contribution is 2.43. The Hall–Kier alpha value is -1.77. The molecule has 3 nitrogen and oxygen atoms in total. The molecule has 100 valence electrons. The molecule has 1 saturated heterocycles. The second-order valence-corrected chi connectivity index (χ2v) is 5.49. The lowest BCUT2D eigenvalue weighted by atomic mass is 9.71. The number of rotatable bonds is 1. The third-order valence-electron chi connectivity index (χ3n) is 4.31. The highest BCUT2D eigenvalue weighted by molar-refractivity contribution is 5.69. The number of nitrogens with zero attached hydrogens (tertiary/aromatic N) is 1. The summed E-state index contributed by atoms with van der Waals surface area (Å²) in [4.78, 5) is 13.8. The zero-order valence-corrected chi connectivity index (χ0v) is 11.4. The monoisotopic (exact) mass is 257 g/mol. The molecule has 0 spiro atoms. The average molecular weight is 257 g/mol. The van der Waals surface area contributed by atoms with Gasteiger partial charge in [0.2, 0.25) is 0 Å². The van der Waals surface area contributed by atoms with Gasteiger partial charge in [-0.15, -0.1) is 0 Å². The minimum atomic E-state index is -0.205. The Morgan fingerprint density at radius 2 is 2.05 bits per heavy atom. The fourth-order valence-corrected chi connectivity index (χ4v) is 3.59. The SMILES string of the molecule is COC(=O)N1C[C@@H]2C=C(C)[C@H]1[C@H](c1ccccc1)C2. The van der Waals surface area contributed by atoms with Crippen molar-refractivity contribution in [3.8, 4) is 0 Å². The highest BCUT2D eigenvalue weighted by atomic mass is 16.5. The molecule has 1 fully saturated rings. The van der Waals surface area contributed by atoms with Crippen molar-refractivity contribution in [2.75, 3.05) is 13.7 Å². The molecule has 2 aliphatic heterocycles. The molecule has 4 rings (SSSR count). The van der Waals surface area contributed by atoms with Crippen molar-refractivity contribution in [1.29, 1.82) is 0 Å². The first kappa shape index (κ1) is 12.3. The van der Waals surface area contributed by atoms with Crippen LogP contribution in [-0.4, -0.2) is 30.7 Å². The van der Waals surface area contributed by atoms with E-state index in [1.165, 1.54) is 18.2 Å². The van der Waals surface area contributed by atoms with Gasteiger partial charge in [-0.25, -0.2) is 4.79 Å². The van der Waals surface area contributed by atoms with E-state index in [0.29, 0.717) is 11.8 Å². The maximum absolute atomic E-state index is 12.0. The molecule has 2 bridgehead atoms. The van der Waals surface area contributed by atoms with Crippen LogP contribution in [0.25, 0.3) is 0 Å². The van der Waals surface area contributed by atoms with Crippen LogP contribution in [0.5, 0.6) is 0 Å². The zero-order valence-electron chi connectivity index (χ0n) is 11.4. The number of methoxy groups -OCH3 is 1. The molecule has 3 atom stereocenters. The molecule has 1 aromatic carbocycles. The third-order valence-corrected chi connectivity index (χ3v) is 4.31. The van der Waals surface area contributed by atoms with E-state index >= 15 is 0 Å². The number of benzene rings is 1. The van der Waals surface area contributed by atoms with Gasteiger partial charge in [0, 0.05) is 12.5 Å². The molecule has 1 amide bonds. The molecule has 3 aliphatic rings. The van der Waals surface area contributed by atoms with Gasteiger partial charge in [-0.3, -0.25) is 0 Å². The molecule has 19 heavy (non-hydrogen) atoms. The van der Waals surface area contributed by atoms with Crippen LogP contribution < -0.4 is 0 Å². The van der Waals surface area contributed by atoms with Crippen molar-refractivity contribution in [3.63, 3.8) is 0 Å². The van der Waals surface area contributed by atoms with E-state index in [9.17, 15) is 4.79 Å². The predicted molar refractivity (Wildman–Crippen MR) is 73.9 cm³/mol. The lowest BCUT2D eigenvalue weighted by molar-refractivity contribution is 0.0727. The van der Waals surface area contributed by atoms with Gasteiger partial charge in [-0.2, -0.15) is 0 Å². The Bertz CT molecular complexity index is 509. The van der Waals surface area contributed by atoms with Crippen molar-refractivity contribution in [1.82, 2.24) is 4.90 Å². The maximum Gasteiger partial charge on any atom is 0.410 e. The lowest BCUT2D eigenvalue weighted by Crippen LogP contribution is -2.53. The van der Waals surface area contributed by atoms with Gasteiger partial charge in [0.1, 0.15) is 0 Å². The molecule has 2 heterocycles. The lowest BCUT2D eigenvalue weighted by Gasteiger charge is -2.48. The molecule has 0 aromatic heterocycles. The summed E-state index contributed by atoms with van der Waals surface area (Å²) in [5.74, 6) is 0.846. The minimum absolute atomic E-state index is 0.153. The summed E-state index contributed by atoms with van der Waals surface area (Å²) in [6, 6.07) is 10.6. The van der Waals surface area contributed by atoms with E-state index in [4.69, 9.17) is 4.74 Å². The second kappa shape index (κ2) is 4.72. The van der Waals surface area contributed by atoms with E-state index in [2.05, 4.69) is 37.3 Å². The van der Waals surface area contributed by atoms with Gasteiger partial charge in [0.25, 0.3) is 0 Å². The molecule has 1 aliphatic carbocycles. The molecular formula is C16H19NO2. The van der Waals surface area contributed by atoms with E-state index in [0.717, 1.165) is 13.0 Å². The minimum Gasteiger partial charge on any atom is -0.453 e. The van der Waals surface area contributed by atoms with Crippen LogP contribution in [0.2, 0.25) is 0 Å². The highest BCUT2D eigenvalue weighted by Gasteiger charge is 2.43. The van der Waals surface area contributed by atoms with Crippen LogP contribution in [0.3, 0.4) is 0 Å². The summed E-state index contributed by atoms with van der Waals surface area (Å²) in [6.45, 7) is 2.92. The van der Waals surface area contributed by atoms with E-state index in [-0.39, 0.29) is 12.1 Å². The first-order valence-corrected chi connectivity index (χ1v) is 6.78. The van der Waals surface area contributed by atoms with Crippen molar-refractivity contribution < 1.29 is 9.53 Å². The first-order valence-electron chi connectivity index (χ1n) is 6.78. The molecule has 1 aromatic rings. The zero-order chi connectivity index (χ0) is 13.4. The topological polar surface area (TPSA) is 29.5 Å². The first-order chi connectivity index (χ1) is 9.20. The van der Waals surface area contributed by atoms with Crippen LogP contribution in [0.1, 0.15) is 24.8 Å². The van der Waals surface area contributed by atoms with Crippen molar-refractivity contribution in [2.24, 2.45) is 5.92 Å². The summed E-state index contributed by atoms with van der Waals surface area (Å²) in [6.07, 6.45) is 3.24. The van der Waals surface area contributed by atoms with Gasteiger partial charge in [-0.1, -0.05) is 42.0 Å². The molecule has 0 saturated carbocycles. The quantitative estimate of drug-likeness (QED) is 0.723. The van der Waals surface area contributed by atoms with Gasteiger partial charge in [-0.05, 0) is 24.8 Å². The molecular weight excluding hydrogens is 238 g/mol. The standard InChI is InChI=1S/C16H19NO2/c1-11-8-12-9-14(13-6-4-3-5-7-13)15(11)17(10-12)16(18)19-2/h3-8,12,14-15H,9-10H2,1-2H3/t12-,14+,15+/m1/s1. The van der Waals surface area contributed by atoms with Gasteiger partial charge in [0.05, 0.1) is 13.2 Å². The smallest absolute Gasteiger partial charge is 0.410 e. The number of carbonyl (C=O) groups is 1. The average Bonchev–Trinajstić information content (AvgIpc) is 2.46. The number of hydrogen-bond acceptors (Lipinski definition) is 2. The summed E-state index contributed by atoms with van der Waals surface area (Å²) >= 11 is 0. The number of piperidine rings is 1. The van der Waals surface area contributed by atoms with Crippen molar-refractivity contribution in [3.05, 3.63) is 47.5 Å². The largest absolute Gasteiger partial charge is 0.453 e. The fourth-order valence-electron chi connectivity index (χ4n) is 3.59. The Labute approximate surface area is 113 Å². The maximum atomic E-state index is 12.0. The normalized spacial score (nSPS) is 29.1. The Morgan fingerprint density at radius 3 is 2.68 bits per heavy atom. The summed E-state index contributed by atoms with van der Waals surface area (Å²) in [7, 11) is 1.46. The van der Waals surface area contributed by atoms with Crippen LogP contribution in [0, 0.1) is 5.92 Å². The number of carbonyl (C=O) groups excluding carboxylic acids is 1. The number of amides is 1. The summed E-state index contributed by atoms with van der Waals surface area (Å²) in [5.41, 5.74) is 2.61. The second-order valence-electron chi connectivity index (χ2n) is 5.49. The number of ether oxygens (including phenoxy) is 1. The Balaban J connectivity index is 1.96. The predicted octanol–water partition coefficient (Wildman–Crippen LogP) is 3.19. The number of fused-ring (bicyclic) bond motifs is 2. The van der Waals surface area contributed by atoms with Gasteiger partial charge >= 0.3 is 6.09 Å². The number of hydrogen-bond donors (Lipinski definition) is 0. The molecule has 0 N–H and O–H groups in total. The fraction of sp³-hybridized carbons (Fsp3) is 0.438. The van der Waals surface area contributed by atoms with E-state index in [1.807, 2.05) is 11.0 Å². The van der Waals surface area contributed by atoms with Crippen LogP contribution in [0.4, 0.5) is 4.79 Å². The van der Waals surface area contributed by atoms with Crippen LogP contribution >= 0.6 is 0 Å². The summed E-state index contributed by atoms with van der Waals surface area (Å²) < 4.78 is 4.93. The Kier molecular flexibility index (Phi) is 3.05. The molecule has 0 radical (unpaired) electrons. The molecule has 0 unspecified atom stereocenters. The summed E-state index contributed by atoms with van der Waals surface area (Å²) in [5, 5.41) is 0. The van der Waals surface area contributed by atoms with Gasteiger partial charge < -0.3 is 9.64 Å². The van der Waals surface area contributed by atoms with Crippen LogP contribution in [0.15, 0.2) is 42.0 Å².